The van der Waals surface area contributed by atoms with E-state index in [1.54, 1.807) is 0 Å². The average molecular weight is 584 g/mol. The first-order valence-corrected chi connectivity index (χ1v) is 13.8. The lowest BCUT2D eigenvalue weighted by molar-refractivity contribution is -0.140. The highest BCUT2D eigenvalue weighted by Crippen LogP contribution is 2.46. The minimum atomic E-state index is -4.64. The Hall–Kier alpha value is -4.20. The maximum atomic E-state index is 15.2. The molecule has 7 rings (SSSR count). The van der Waals surface area contributed by atoms with Crippen LogP contribution in [0.3, 0.4) is 0 Å². The normalized spacial score (nSPS) is 15.4. The third kappa shape index (κ3) is 4.85. The summed E-state index contributed by atoms with van der Waals surface area (Å²) in [5, 5.41) is 1.86. The van der Waals surface area contributed by atoms with Crippen molar-refractivity contribution in [3.63, 3.8) is 0 Å². The van der Waals surface area contributed by atoms with Crippen molar-refractivity contribution in [2.45, 2.75) is 50.4 Å². The number of alkyl halides is 3. The summed E-state index contributed by atoms with van der Waals surface area (Å²) in [6.07, 6.45) is 2.52. The number of hydrogen-bond acceptors (Lipinski definition) is 9. The van der Waals surface area contributed by atoms with E-state index in [4.69, 9.17) is 14.5 Å². The van der Waals surface area contributed by atoms with Crippen molar-refractivity contribution in [2.75, 3.05) is 7.11 Å². The molecule has 0 aliphatic heterocycles. The summed E-state index contributed by atoms with van der Waals surface area (Å²) in [4.78, 5) is 25.9. The number of ether oxygens (including phenoxy) is 2. The molecule has 9 nitrogen and oxygen atoms in total. The lowest BCUT2D eigenvalue weighted by Crippen LogP contribution is -2.06. The molecule has 5 aromatic rings. The number of thiophene rings is 1. The van der Waals surface area contributed by atoms with Crippen molar-refractivity contribution in [2.24, 2.45) is 0 Å². The van der Waals surface area contributed by atoms with E-state index >= 15 is 4.39 Å². The van der Waals surface area contributed by atoms with E-state index in [1.165, 1.54) is 41.6 Å². The lowest BCUT2D eigenvalue weighted by Gasteiger charge is -2.13. The number of hydrogen-bond donors (Lipinski definition) is 0. The summed E-state index contributed by atoms with van der Waals surface area (Å²) in [6, 6.07) is 2.89. The van der Waals surface area contributed by atoms with Gasteiger partial charge in [0, 0.05) is 29.9 Å². The Morgan fingerprint density at radius 3 is 2.59 bits per heavy atom. The zero-order valence-electron chi connectivity index (χ0n) is 21.5. The van der Waals surface area contributed by atoms with Crippen LogP contribution in [-0.2, 0) is 12.8 Å². The van der Waals surface area contributed by atoms with Crippen LogP contribution in [0.1, 0.15) is 54.6 Å². The molecule has 0 aromatic carbocycles. The van der Waals surface area contributed by atoms with Crippen LogP contribution in [0.15, 0.2) is 36.2 Å². The molecule has 2 fully saturated rings. The van der Waals surface area contributed by atoms with Crippen LogP contribution in [0.5, 0.6) is 11.8 Å². The largest absolute Gasteiger partial charge is 0.480 e. The van der Waals surface area contributed by atoms with Crippen molar-refractivity contribution in [3.05, 3.63) is 59.0 Å². The average Bonchev–Trinajstić information content (AvgIpc) is 3.89. The number of imidazole rings is 1. The van der Waals surface area contributed by atoms with E-state index in [9.17, 15) is 13.2 Å². The summed E-state index contributed by atoms with van der Waals surface area (Å²) >= 11 is 1.40. The molecule has 2 aliphatic carbocycles. The first kappa shape index (κ1) is 25.7. The van der Waals surface area contributed by atoms with E-state index in [0.29, 0.717) is 45.9 Å². The number of methoxy groups -OCH3 is 1. The first-order valence-electron chi connectivity index (χ1n) is 12.9. The second kappa shape index (κ2) is 9.72. The molecule has 5 aromatic heterocycles. The summed E-state index contributed by atoms with van der Waals surface area (Å²) in [7, 11) is 1.52. The van der Waals surface area contributed by atoms with Crippen LogP contribution in [0.4, 0.5) is 17.6 Å². The number of nitrogens with zero attached hydrogens (tertiary/aromatic N) is 7. The molecule has 0 radical (unpaired) electrons. The number of aromatic nitrogens is 7. The topological polar surface area (TPSA) is 101 Å². The van der Waals surface area contributed by atoms with E-state index in [2.05, 4.69) is 24.9 Å². The molecule has 210 valence electrons. The molecule has 0 saturated heterocycles. The number of pyridine rings is 1. The maximum absolute atomic E-state index is 15.2. The van der Waals surface area contributed by atoms with E-state index in [-0.39, 0.29) is 36.0 Å². The zero-order chi connectivity index (χ0) is 28.3. The van der Waals surface area contributed by atoms with E-state index in [0.717, 1.165) is 24.7 Å². The second-order valence-electron chi connectivity index (χ2n) is 9.95. The lowest BCUT2D eigenvalue weighted by atomic mass is 10.1. The van der Waals surface area contributed by atoms with Crippen LogP contribution in [0.2, 0.25) is 0 Å². The Bertz CT molecular complexity index is 1780. The van der Waals surface area contributed by atoms with Gasteiger partial charge in [-0.2, -0.15) is 18.2 Å². The molecule has 41 heavy (non-hydrogen) atoms. The predicted octanol–water partition coefficient (Wildman–Crippen LogP) is 6.36. The Kier molecular flexibility index (Phi) is 6.10. The van der Waals surface area contributed by atoms with Gasteiger partial charge in [-0.05, 0) is 43.2 Å². The Morgan fingerprint density at radius 1 is 1.05 bits per heavy atom. The molecular weight excluding hydrogens is 562 g/mol. The van der Waals surface area contributed by atoms with Gasteiger partial charge in [0.15, 0.2) is 23.2 Å². The Morgan fingerprint density at radius 2 is 1.88 bits per heavy atom. The van der Waals surface area contributed by atoms with Gasteiger partial charge in [0.1, 0.15) is 28.9 Å². The third-order valence-corrected chi connectivity index (χ3v) is 7.84. The zero-order valence-corrected chi connectivity index (χ0v) is 22.3. The quantitative estimate of drug-likeness (QED) is 0.195. The maximum Gasteiger partial charge on any atom is 0.434 e. The molecule has 2 aliphatic rings. The molecule has 0 spiro atoms. The SMILES string of the molecule is COc1ncnc(C2CC2)c1-c1nc(OCc2cnc(-c3nc(C(F)(F)F)cn3C3CC3)c(F)c2)c2sccc2n1. The fourth-order valence-corrected chi connectivity index (χ4v) is 5.44. The minimum Gasteiger partial charge on any atom is -0.480 e. The second-order valence-corrected chi connectivity index (χ2v) is 10.9. The summed E-state index contributed by atoms with van der Waals surface area (Å²) in [5.74, 6) is 0.354. The van der Waals surface area contributed by atoms with Gasteiger partial charge in [-0.15, -0.1) is 11.3 Å². The molecule has 0 bridgehead atoms. The van der Waals surface area contributed by atoms with Crippen LogP contribution < -0.4 is 9.47 Å². The fourth-order valence-electron chi connectivity index (χ4n) is 4.67. The fraction of sp³-hybridized carbons (Fsp3) is 0.333. The minimum absolute atomic E-state index is 0.0869. The number of fused-ring (bicyclic) bond motifs is 1. The standard InChI is InChI=1S/C27H21F4N7O2S/c1-39-25-19(20(14-2-3-14)33-12-34-25)23-35-17-6-7-41-22(17)26(37-23)40-11-13-8-16(28)21(32-9-13)24-36-18(27(29,30)31)10-38(24)15-4-5-15/h6-10,12,14-15H,2-5,11H2,1H3. The van der Waals surface area contributed by atoms with Crippen molar-refractivity contribution in [1.82, 2.24) is 34.5 Å². The molecule has 14 heteroatoms. The van der Waals surface area contributed by atoms with Crippen molar-refractivity contribution < 1.29 is 27.0 Å². The van der Waals surface area contributed by atoms with Crippen LogP contribution in [-0.4, -0.2) is 41.6 Å². The van der Waals surface area contributed by atoms with Gasteiger partial charge >= 0.3 is 6.18 Å². The van der Waals surface area contributed by atoms with E-state index in [1.807, 2.05) is 11.4 Å². The van der Waals surface area contributed by atoms with Crippen LogP contribution in [0.25, 0.3) is 33.1 Å². The van der Waals surface area contributed by atoms with Gasteiger partial charge in [-0.1, -0.05) is 0 Å². The third-order valence-electron chi connectivity index (χ3n) is 6.94. The van der Waals surface area contributed by atoms with Gasteiger partial charge < -0.3 is 14.0 Å². The highest BCUT2D eigenvalue weighted by Gasteiger charge is 2.38. The van der Waals surface area contributed by atoms with Crippen molar-refractivity contribution in [3.8, 4) is 34.7 Å². The van der Waals surface area contributed by atoms with Crippen molar-refractivity contribution >= 4 is 21.6 Å². The predicted molar refractivity (Wildman–Crippen MR) is 140 cm³/mol. The first-order chi connectivity index (χ1) is 19.8. The molecule has 0 unspecified atom stereocenters. The smallest absolute Gasteiger partial charge is 0.434 e. The van der Waals surface area contributed by atoms with E-state index < -0.39 is 17.7 Å². The Balaban J connectivity index is 1.19. The molecule has 5 heterocycles. The van der Waals surface area contributed by atoms with Crippen LogP contribution in [0, 0.1) is 5.82 Å². The Labute approximate surface area is 234 Å². The molecular formula is C27H21F4N7O2S. The summed E-state index contributed by atoms with van der Waals surface area (Å²) in [6.45, 7) is -0.0869. The van der Waals surface area contributed by atoms with Gasteiger partial charge in [-0.3, -0.25) is 0 Å². The molecule has 0 atom stereocenters. The van der Waals surface area contributed by atoms with Crippen molar-refractivity contribution in [1.29, 1.82) is 0 Å². The van der Waals surface area contributed by atoms with Gasteiger partial charge in [0.25, 0.3) is 0 Å². The monoisotopic (exact) mass is 583 g/mol. The van der Waals surface area contributed by atoms with Gasteiger partial charge in [0.05, 0.1) is 18.3 Å². The number of halogens is 4. The van der Waals surface area contributed by atoms with Gasteiger partial charge in [-0.25, -0.2) is 29.3 Å². The molecule has 0 amide bonds. The highest BCUT2D eigenvalue weighted by atomic mass is 32.1. The summed E-state index contributed by atoms with van der Waals surface area (Å²) in [5.41, 5.74) is 1.14. The highest BCUT2D eigenvalue weighted by molar-refractivity contribution is 7.17. The van der Waals surface area contributed by atoms with Gasteiger partial charge in [0.2, 0.25) is 11.8 Å². The molecule has 0 N–H and O–H groups in total. The molecule has 2 saturated carbocycles. The van der Waals surface area contributed by atoms with Crippen LogP contribution >= 0.6 is 11.3 Å². The summed E-state index contributed by atoms with van der Waals surface area (Å²) < 4.78 is 68.8. The number of rotatable bonds is 8.